The van der Waals surface area contributed by atoms with Crippen LogP contribution in [0.3, 0.4) is 0 Å². The average molecular weight is 247 g/mol. The summed E-state index contributed by atoms with van der Waals surface area (Å²) >= 11 is 0. The van der Waals surface area contributed by atoms with E-state index in [1.807, 2.05) is 18.2 Å². The van der Waals surface area contributed by atoms with Gasteiger partial charge < -0.3 is 10.1 Å². The Morgan fingerprint density at radius 1 is 1.50 bits per heavy atom. The number of ether oxygens (including phenoxy) is 1. The van der Waals surface area contributed by atoms with E-state index in [1.54, 1.807) is 0 Å². The number of nitrogens with one attached hydrogen (secondary N) is 1. The maximum absolute atomic E-state index is 12.1. The molecule has 0 fully saturated rings. The molecule has 1 atom stereocenters. The van der Waals surface area contributed by atoms with Crippen molar-refractivity contribution in [2.45, 2.75) is 45.6 Å². The number of fused-ring (bicyclic) bond motifs is 1. The minimum absolute atomic E-state index is 0.0191. The topological polar surface area (TPSA) is 38.3 Å². The molecule has 18 heavy (non-hydrogen) atoms. The fraction of sp³-hybridized carbons (Fsp3) is 0.533. The third kappa shape index (κ3) is 2.84. The number of hydrogen-bond acceptors (Lipinski definition) is 2. The monoisotopic (exact) mass is 247 g/mol. The lowest BCUT2D eigenvalue weighted by atomic mass is 9.99. The minimum atomic E-state index is -0.0191. The van der Waals surface area contributed by atoms with E-state index in [0.717, 1.165) is 43.5 Å². The summed E-state index contributed by atoms with van der Waals surface area (Å²) in [5.74, 6) is 0.764. The summed E-state index contributed by atoms with van der Waals surface area (Å²) in [5, 5.41) is 2.95. The second kappa shape index (κ2) is 5.89. The van der Waals surface area contributed by atoms with E-state index in [2.05, 4.69) is 19.2 Å². The molecule has 0 radical (unpaired) electrons. The number of carbonyl (C=O) groups is 1. The van der Waals surface area contributed by atoms with E-state index in [-0.39, 0.29) is 12.0 Å². The van der Waals surface area contributed by atoms with Gasteiger partial charge in [-0.3, -0.25) is 4.79 Å². The maximum atomic E-state index is 12.1. The molecule has 1 aromatic rings. The highest BCUT2D eigenvalue weighted by Crippen LogP contribution is 2.31. The predicted octanol–water partition coefficient (Wildman–Crippen LogP) is 2.93. The summed E-state index contributed by atoms with van der Waals surface area (Å²) in [6.45, 7) is 4.89. The molecule has 1 amide bonds. The number of unbranched alkanes of at least 4 members (excludes halogenated alkanes) is 1. The molecule has 1 aromatic carbocycles. The molecule has 2 rings (SSSR count). The van der Waals surface area contributed by atoms with E-state index in [1.165, 1.54) is 0 Å². The molecule has 1 aliphatic heterocycles. The molecule has 1 N–H and O–H groups in total. The second-order valence-corrected chi connectivity index (χ2v) is 4.87. The third-order valence-electron chi connectivity index (χ3n) is 3.30. The summed E-state index contributed by atoms with van der Waals surface area (Å²) in [6.07, 6.45) is 4.31. The number of amides is 1. The van der Waals surface area contributed by atoms with Crippen molar-refractivity contribution in [3.05, 3.63) is 29.3 Å². The van der Waals surface area contributed by atoms with Crippen molar-refractivity contribution in [1.82, 2.24) is 5.32 Å². The molecule has 0 bridgehead atoms. The first-order valence-electron chi connectivity index (χ1n) is 6.79. The Labute approximate surface area is 109 Å². The molecule has 1 aliphatic rings. The van der Waals surface area contributed by atoms with E-state index in [4.69, 9.17) is 4.74 Å². The lowest BCUT2D eigenvalue weighted by molar-refractivity contribution is 0.0943. The zero-order valence-electron chi connectivity index (χ0n) is 11.2. The van der Waals surface area contributed by atoms with Crippen molar-refractivity contribution in [3.8, 4) is 5.75 Å². The van der Waals surface area contributed by atoms with Crippen LogP contribution in [0.25, 0.3) is 0 Å². The van der Waals surface area contributed by atoms with Gasteiger partial charge in [0, 0.05) is 6.54 Å². The molecular formula is C15H21NO2. The van der Waals surface area contributed by atoms with Crippen molar-refractivity contribution in [3.63, 3.8) is 0 Å². The molecule has 0 aliphatic carbocycles. The fourth-order valence-electron chi connectivity index (χ4n) is 2.19. The van der Waals surface area contributed by atoms with Crippen LogP contribution in [-0.4, -0.2) is 18.6 Å². The molecule has 3 heteroatoms. The average Bonchev–Trinajstić information content (AvgIpc) is 2.38. The summed E-state index contributed by atoms with van der Waals surface area (Å²) < 4.78 is 5.83. The van der Waals surface area contributed by atoms with Crippen molar-refractivity contribution in [1.29, 1.82) is 0 Å². The lowest BCUT2D eigenvalue weighted by Gasteiger charge is -2.25. The van der Waals surface area contributed by atoms with Gasteiger partial charge in [0.1, 0.15) is 5.75 Å². The first kappa shape index (κ1) is 12.9. The van der Waals surface area contributed by atoms with Crippen LogP contribution in [0.15, 0.2) is 18.2 Å². The van der Waals surface area contributed by atoms with Crippen LogP contribution in [0.5, 0.6) is 5.75 Å². The second-order valence-electron chi connectivity index (χ2n) is 4.87. The van der Waals surface area contributed by atoms with Crippen LogP contribution in [0.2, 0.25) is 0 Å². The normalized spacial score (nSPS) is 17.8. The number of aryl methyl sites for hydroxylation is 1. The standard InChI is InChI=1S/C15H21NO2/c1-3-4-10-16-15(17)13-7-5-6-12-9-8-11(2)18-14(12)13/h5-7,11H,3-4,8-10H2,1-2H3,(H,16,17). The largest absolute Gasteiger partial charge is 0.490 e. The molecule has 98 valence electrons. The van der Waals surface area contributed by atoms with Gasteiger partial charge in [0.25, 0.3) is 5.91 Å². The van der Waals surface area contributed by atoms with Gasteiger partial charge in [-0.15, -0.1) is 0 Å². The van der Waals surface area contributed by atoms with Gasteiger partial charge in [-0.05, 0) is 37.8 Å². The summed E-state index contributed by atoms with van der Waals surface area (Å²) in [6, 6.07) is 5.83. The minimum Gasteiger partial charge on any atom is -0.490 e. The Balaban J connectivity index is 2.15. The van der Waals surface area contributed by atoms with Crippen molar-refractivity contribution >= 4 is 5.91 Å². The zero-order chi connectivity index (χ0) is 13.0. The highest BCUT2D eigenvalue weighted by atomic mass is 16.5. The number of carbonyl (C=O) groups excluding carboxylic acids is 1. The van der Waals surface area contributed by atoms with Gasteiger partial charge in [0.05, 0.1) is 11.7 Å². The van der Waals surface area contributed by atoms with Gasteiger partial charge in [0.2, 0.25) is 0 Å². The van der Waals surface area contributed by atoms with Crippen molar-refractivity contribution < 1.29 is 9.53 Å². The van der Waals surface area contributed by atoms with E-state index >= 15 is 0 Å². The van der Waals surface area contributed by atoms with E-state index in [9.17, 15) is 4.79 Å². The molecule has 1 unspecified atom stereocenters. The fourth-order valence-corrected chi connectivity index (χ4v) is 2.19. The number of para-hydroxylation sites is 1. The lowest BCUT2D eigenvalue weighted by Crippen LogP contribution is -2.27. The molecule has 0 saturated carbocycles. The first-order valence-corrected chi connectivity index (χ1v) is 6.79. The van der Waals surface area contributed by atoms with Crippen LogP contribution in [0.1, 0.15) is 49.0 Å². The van der Waals surface area contributed by atoms with Crippen LogP contribution in [-0.2, 0) is 6.42 Å². The van der Waals surface area contributed by atoms with Gasteiger partial charge in [-0.1, -0.05) is 25.5 Å². The van der Waals surface area contributed by atoms with Gasteiger partial charge >= 0.3 is 0 Å². The van der Waals surface area contributed by atoms with Gasteiger partial charge in [-0.25, -0.2) is 0 Å². The van der Waals surface area contributed by atoms with Crippen molar-refractivity contribution in [2.24, 2.45) is 0 Å². The summed E-state index contributed by atoms with van der Waals surface area (Å²) in [7, 11) is 0. The van der Waals surface area contributed by atoms with Crippen LogP contribution in [0.4, 0.5) is 0 Å². The number of rotatable bonds is 4. The maximum Gasteiger partial charge on any atom is 0.255 e. The molecule has 0 saturated heterocycles. The Bertz CT molecular complexity index is 429. The molecular weight excluding hydrogens is 226 g/mol. The predicted molar refractivity (Wildman–Crippen MR) is 72.1 cm³/mol. The van der Waals surface area contributed by atoms with Crippen LogP contribution in [0, 0.1) is 0 Å². The van der Waals surface area contributed by atoms with Crippen molar-refractivity contribution in [2.75, 3.05) is 6.54 Å². The van der Waals surface area contributed by atoms with Gasteiger partial charge in [0.15, 0.2) is 0 Å². The van der Waals surface area contributed by atoms with E-state index < -0.39 is 0 Å². The molecule has 1 heterocycles. The highest BCUT2D eigenvalue weighted by Gasteiger charge is 2.21. The van der Waals surface area contributed by atoms with Crippen LogP contribution >= 0.6 is 0 Å². The highest BCUT2D eigenvalue weighted by molar-refractivity contribution is 5.97. The molecule has 3 nitrogen and oxygen atoms in total. The molecule has 0 spiro atoms. The van der Waals surface area contributed by atoms with Gasteiger partial charge in [-0.2, -0.15) is 0 Å². The summed E-state index contributed by atoms with van der Waals surface area (Å²) in [4.78, 5) is 12.1. The van der Waals surface area contributed by atoms with E-state index in [0.29, 0.717) is 5.56 Å². The first-order chi connectivity index (χ1) is 8.72. The summed E-state index contributed by atoms with van der Waals surface area (Å²) in [5.41, 5.74) is 1.83. The molecule has 0 aromatic heterocycles. The Morgan fingerprint density at radius 2 is 2.33 bits per heavy atom. The SMILES string of the molecule is CCCCNC(=O)c1cccc2c1OC(C)CC2. The Kier molecular flexibility index (Phi) is 4.24. The third-order valence-corrected chi connectivity index (χ3v) is 3.30. The number of benzene rings is 1. The Morgan fingerprint density at radius 3 is 3.11 bits per heavy atom. The quantitative estimate of drug-likeness (QED) is 0.831. The zero-order valence-corrected chi connectivity index (χ0v) is 11.2. The smallest absolute Gasteiger partial charge is 0.255 e. The Hall–Kier alpha value is -1.51. The number of hydrogen-bond donors (Lipinski definition) is 1. The van der Waals surface area contributed by atoms with Crippen LogP contribution < -0.4 is 10.1 Å².